The van der Waals surface area contributed by atoms with E-state index in [9.17, 15) is 0 Å². The third-order valence-corrected chi connectivity index (χ3v) is 9.41. The van der Waals surface area contributed by atoms with Crippen molar-refractivity contribution >= 4 is 65.4 Å². The Morgan fingerprint density at radius 1 is 0.267 bits per heavy atom. The molecule has 0 N–H and O–H groups in total. The number of hydrogen-bond donors (Lipinski definition) is 0. The van der Waals surface area contributed by atoms with Crippen LogP contribution in [0.3, 0.4) is 0 Å². The molecule has 0 aliphatic heterocycles. The average molecular weight is 574 g/mol. The largest absolute Gasteiger partial charge is 0.309 e. The van der Waals surface area contributed by atoms with E-state index in [1.807, 2.05) is 0 Å². The fourth-order valence-electron chi connectivity index (χ4n) is 7.64. The van der Waals surface area contributed by atoms with E-state index in [1.54, 1.807) is 0 Å². The Balaban J connectivity index is 1.45. The molecule has 0 radical (unpaired) electrons. The van der Waals surface area contributed by atoms with Crippen LogP contribution in [0.15, 0.2) is 164 Å². The maximum Gasteiger partial charge on any atom is 0.0782 e. The summed E-state index contributed by atoms with van der Waals surface area (Å²) in [5.74, 6) is 0. The summed E-state index contributed by atoms with van der Waals surface area (Å²) in [5, 5.41) is 7.53. The van der Waals surface area contributed by atoms with Gasteiger partial charge < -0.3 is 13.7 Å². The molecule has 0 aliphatic rings. The average Bonchev–Trinajstić information content (AvgIpc) is 3.75. The molecule has 0 aliphatic carbocycles. The van der Waals surface area contributed by atoms with Gasteiger partial charge in [0.15, 0.2) is 0 Å². The molecule has 3 aromatic heterocycles. The fourth-order valence-corrected chi connectivity index (χ4v) is 7.64. The van der Waals surface area contributed by atoms with Gasteiger partial charge in [-0.2, -0.15) is 0 Å². The topological polar surface area (TPSA) is 14.8 Å². The van der Waals surface area contributed by atoms with Gasteiger partial charge in [0.25, 0.3) is 0 Å². The lowest BCUT2D eigenvalue weighted by Crippen LogP contribution is -2.00. The molecule has 3 heteroatoms. The van der Waals surface area contributed by atoms with Crippen LogP contribution in [-0.4, -0.2) is 13.7 Å². The van der Waals surface area contributed by atoms with Crippen molar-refractivity contribution in [1.29, 1.82) is 0 Å². The van der Waals surface area contributed by atoms with Crippen LogP contribution in [0, 0.1) is 0 Å². The van der Waals surface area contributed by atoms with E-state index in [0.717, 1.165) is 11.4 Å². The maximum absolute atomic E-state index is 2.52. The van der Waals surface area contributed by atoms with Crippen molar-refractivity contribution in [3.05, 3.63) is 164 Å². The van der Waals surface area contributed by atoms with Crippen LogP contribution in [0.25, 0.3) is 82.5 Å². The molecular formula is C42H27N3. The highest BCUT2D eigenvalue weighted by Crippen LogP contribution is 2.44. The second-order valence-electron chi connectivity index (χ2n) is 11.8. The lowest BCUT2D eigenvalue weighted by Gasteiger charge is -2.15. The zero-order valence-electron chi connectivity index (χ0n) is 24.4. The monoisotopic (exact) mass is 573 g/mol. The van der Waals surface area contributed by atoms with Crippen LogP contribution in [-0.2, 0) is 0 Å². The van der Waals surface area contributed by atoms with Crippen LogP contribution in [0.1, 0.15) is 0 Å². The summed E-state index contributed by atoms with van der Waals surface area (Å²) in [5.41, 5.74) is 10.7. The minimum absolute atomic E-state index is 1.16. The van der Waals surface area contributed by atoms with E-state index in [1.165, 1.54) is 71.1 Å². The van der Waals surface area contributed by atoms with Gasteiger partial charge in [0.05, 0.1) is 38.8 Å². The quantitative estimate of drug-likeness (QED) is 0.200. The molecule has 7 aromatic carbocycles. The molecular weight excluding hydrogens is 546 g/mol. The molecule has 0 saturated carbocycles. The number of rotatable bonds is 3. The molecule has 0 amide bonds. The third kappa shape index (κ3) is 3.30. The van der Waals surface area contributed by atoms with Gasteiger partial charge in [-0.15, -0.1) is 0 Å². The van der Waals surface area contributed by atoms with Crippen LogP contribution in [0.5, 0.6) is 0 Å². The summed E-state index contributed by atoms with van der Waals surface area (Å²) in [7, 11) is 0. The second-order valence-corrected chi connectivity index (χ2v) is 11.8. The van der Waals surface area contributed by atoms with Crippen molar-refractivity contribution in [3.8, 4) is 17.1 Å². The van der Waals surface area contributed by atoms with Crippen LogP contribution in [0.2, 0.25) is 0 Å². The van der Waals surface area contributed by atoms with Gasteiger partial charge in [-0.05, 0) is 54.6 Å². The first-order chi connectivity index (χ1) is 22.4. The Kier molecular flexibility index (Phi) is 5.00. The number of aromatic nitrogens is 3. The van der Waals surface area contributed by atoms with Crippen molar-refractivity contribution in [2.45, 2.75) is 0 Å². The molecule has 0 spiro atoms. The van der Waals surface area contributed by atoms with E-state index < -0.39 is 0 Å². The number of benzene rings is 7. The highest BCUT2D eigenvalue weighted by atomic mass is 15.1. The first-order valence-electron chi connectivity index (χ1n) is 15.5. The Hall–Kier alpha value is -6.06. The Morgan fingerprint density at radius 3 is 1.42 bits per heavy atom. The predicted octanol–water partition coefficient (Wildman–Crippen LogP) is 11.0. The smallest absolute Gasteiger partial charge is 0.0782 e. The lowest BCUT2D eigenvalue weighted by molar-refractivity contribution is 1.13. The normalized spacial score (nSPS) is 12.0. The fraction of sp³-hybridized carbons (Fsp3) is 0. The summed E-state index contributed by atoms with van der Waals surface area (Å²) in [6, 6.07) is 59.3. The molecule has 0 atom stereocenters. The van der Waals surface area contributed by atoms with Crippen molar-refractivity contribution in [2.24, 2.45) is 0 Å². The molecule has 10 rings (SSSR count). The molecule has 0 unspecified atom stereocenters. The zero-order valence-corrected chi connectivity index (χ0v) is 24.4. The Labute approximate surface area is 259 Å². The summed E-state index contributed by atoms with van der Waals surface area (Å²) < 4.78 is 7.37. The minimum Gasteiger partial charge on any atom is -0.309 e. The first kappa shape index (κ1) is 24.4. The SMILES string of the molecule is c1ccc(-n2c3ccccc3c3c2ccc2c4ccccc4n(-c4cccc5c6ccccc6n(-c6ccccc6)c45)c23)cc1. The molecule has 45 heavy (non-hydrogen) atoms. The standard InChI is InChI=1S/C42H27N3/c1-3-14-28(15-4-1)43-37-24-12-9-20-34(37)40-38(43)27-26-33-31-19-8-11-23-36(31)45(42(33)40)39-25-13-21-32-30-18-7-10-22-35(30)44(41(32)39)29-16-5-2-6-17-29/h1-27H. The van der Waals surface area contributed by atoms with E-state index in [-0.39, 0.29) is 0 Å². The third-order valence-electron chi connectivity index (χ3n) is 9.41. The van der Waals surface area contributed by atoms with Crippen molar-refractivity contribution in [1.82, 2.24) is 13.7 Å². The summed E-state index contributed by atoms with van der Waals surface area (Å²) in [6.07, 6.45) is 0. The molecule has 10 aromatic rings. The Morgan fingerprint density at radius 2 is 0.756 bits per heavy atom. The number of fused-ring (bicyclic) bond motifs is 10. The van der Waals surface area contributed by atoms with Crippen molar-refractivity contribution in [2.75, 3.05) is 0 Å². The molecule has 0 saturated heterocycles. The van der Waals surface area contributed by atoms with E-state index in [0.29, 0.717) is 0 Å². The van der Waals surface area contributed by atoms with Crippen molar-refractivity contribution in [3.63, 3.8) is 0 Å². The van der Waals surface area contributed by atoms with Crippen molar-refractivity contribution < 1.29 is 0 Å². The number of nitrogens with zero attached hydrogens (tertiary/aromatic N) is 3. The highest BCUT2D eigenvalue weighted by Gasteiger charge is 2.23. The molecule has 3 nitrogen and oxygen atoms in total. The predicted molar refractivity (Wildman–Crippen MR) is 189 cm³/mol. The second kappa shape index (κ2) is 9.22. The number of hydrogen-bond acceptors (Lipinski definition) is 0. The van der Waals surface area contributed by atoms with Crippen LogP contribution >= 0.6 is 0 Å². The van der Waals surface area contributed by atoms with Gasteiger partial charge in [-0.25, -0.2) is 0 Å². The van der Waals surface area contributed by atoms with E-state index in [2.05, 4.69) is 177 Å². The summed E-state index contributed by atoms with van der Waals surface area (Å²) in [4.78, 5) is 0. The Bertz CT molecular complexity index is 2740. The molecule has 0 bridgehead atoms. The number of para-hydroxylation sites is 6. The van der Waals surface area contributed by atoms with Gasteiger partial charge >= 0.3 is 0 Å². The van der Waals surface area contributed by atoms with Gasteiger partial charge in [0.1, 0.15) is 0 Å². The maximum atomic E-state index is 2.52. The first-order valence-corrected chi connectivity index (χ1v) is 15.5. The highest BCUT2D eigenvalue weighted by molar-refractivity contribution is 6.26. The molecule has 210 valence electrons. The van der Waals surface area contributed by atoms with Gasteiger partial charge in [-0.1, -0.05) is 109 Å². The van der Waals surface area contributed by atoms with E-state index in [4.69, 9.17) is 0 Å². The van der Waals surface area contributed by atoms with Gasteiger partial charge in [0, 0.05) is 43.7 Å². The van der Waals surface area contributed by atoms with Gasteiger partial charge in [-0.3, -0.25) is 0 Å². The van der Waals surface area contributed by atoms with Gasteiger partial charge in [0.2, 0.25) is 0 Å². The molecule has 0 fully saturated rings. The minimum atomic E-state index is 1.16. The summed E-state index contributed by atoms with van der Waals surface area (Å²) in [6.45, 7) is 0. The summed E-state index contributed by atoms with van der Waals surface area (Å²) >= 11 is 0. The zero-order chi connectivity index (χ0) is 29.5. The van der Waals surface area contributed by atoms with E-state index >= 15 is 0 Å². The molecule has 3 heterocycles. The van der Waals surface area contributed by atoms with Crippen LogP contribution < -0.4 is 0 Å². The lowest BCUT2D eigenvalue weighted by atomic mass is 10.1. The van der Waals surface area contributed by atoms with Crippen LogP contribution in [0.4, 0.5) is 0 Å².